The molecule has 0 radical (unpaired) electrons. The third-order valence-corrected chi connectivity index (χ3v) is 5.73. The average Bonchev–Trinajstić information content (AvgIpc) is 3.09. The first-order valence-corrected chi connectivity index (χ1v) is 10.3. The van der Waals surface area contributed by atoms with Crippen molar-refractivity contribution in [2.24, 2.45) is 0 Å². The number of aromatic nitrogens is 4. The van der Waals surface area contributed by atoms with Crippen molar-refractivity contribution in [2.75, 3.05) is 17.3 Å². The van der Waals surface area contributed by atoms with Gasteiger partial charge in [0.15, 0.2) is 0 Å². The average molecular weight is 364 g/mol. The van der Waals surface area contributed by atoms with E-state index in [4.69, 9.17) is 0 Å². The number of anilines is 1. The molecule has 0 saturated heterocycles. The fourth-order valence-corrected chi connectivity index (χ4v) is 4.07. The summed E-state index contributed by atoms with van der Waals surface area (Å²) in [4.78, 5) is 13.3. The third-order valence-electron chi connectivity index (χ3n) is 4.07. The highest BCUT2D eigenvalue weighted by molar-refractivity contribution is 7.99. The number of hydrogen-bond donors (Lipinski definition) is 1. The smallest absolute Gasteiger partial charge is 0.234 e. The summed E-state index contributed by atoms with van der Waals surface area (Å²) in [5, 5.41) is 15.7. The van der Waals surface area contributed by atoms with Gasteiger partial charge in [0.05, 0.1) is 11.8 Å². The number of tetrazole rings is 1. The number of nitrogens with zero attached hydrogens (tertiary/aromatic N) is 4. The minimum absolute atomic E-state index is 0.0450. The van der Waals surface area contributed by atoms with Gasteiger partial charge in [0, 0.05) is 10.6 Å². The lowest BCUT2D eigenvalue weighted by atomic mass is 9.96. The lowest BCUT2D eigenvalue weighted by Gasteiger charge is -2.21. The Morgan fingerprint density at radius 2 is 2.17 bits per heavy atom. The Morgan fingerprint density at radius 3 is 2.96 bits per heavy atom. The summed E-state index contributed by atoms with van der Waals surface area (Å²) in [6, 6.07) is 8.21. The highest BCUT2D eigenvalue weighted by atomic mass is 32.2. The summed E-state index contributed by atoms with van der Waals surface area (Å²) in [6.07, 6.45) is 7.99. The Balaban J connectivity index is 1.55. The molecule has 24 heavy (non-hydrogen) atoms. The second-order valence-corrected chi connectivity index (χ2v) is 7.59. The zero-order valence-electron chi connectivity index (χ0n) is 13.6. The van der Waals surface area contributed by atoms with Crippen molar-refractivity contribution in [3.05, 3.63) is 24.3 Å². The minimum atomic E-state index is -0.0450. The van der Waals surface area contributed by atoms with Gasteiger partial charge < -0.3 is 5.32 Å². The van der Waals surface area contributed by atoms with Gasteiger partial charge in [-0.1, -0.05) is 37.1 Å². The predicted octanol–water partition coefficient (Wildman–Crippen LogP) is 3.63. The van der Waals surface area contributed by atoms with Gasteiger partial charge in [-0.2, -0.15) is 0 Å². The quantitative estimate of drug-likeness (QED) is 0.790. The molecule has 0 aliphatic heterocycles. The first kappa shape index (κ1) is 17.3. The molecule has 0 atom stereocenters. The van der Waals surface area contributed by atoms with Crippen LogP contribution in [0.4, 0.5) is 5.69 Å². The van der Waals surface area contributed by atoms with Crippen LogP contribution in [0.5, 0.6) is 0 Å². The summed E-state index contributed by atoms with van der Waals surface area (Å²) < 4.78 is 1.89. The first-order valence-electron chi connectivity index (χ1n) is 8.11. The minimum Gasteiger partial charge on any atom is -0.325 e. The van der Waals surface area contributed by atoms with Crippen LogP contribution in [0.15, 0.2) is 34.3 Å². The molecule has 1 aromatic carbocycles. The largest absolute Gasteiger partial charge is 0.325 e. The molecule has 1 N–H and O–H groups in total. The molecule has 1 aliphatic rings. The van der Waals surface area contributed by atoms with Crippen LogP contribution in [0.1, 0.15) is 38.1 Å². The van der Waals surface area contributed by atoms with Crippen molar-refractivity contribution in [3.63, 3.8) is 0 Å². The van der Waals surface area contributed by atoms with E-state index in [1.807, 2.05) is 35.2 Å². The standard InChI is InChI=1S/C16H21N5OS2/c1-23-14-9-5-6-12(10-14)17-15(22)11-24-16-18-19-20-21(16)13-7-3-2-4-8-13/h5-6,9-10,13H,2-4,7-8,11H2,1H3,(H,17,22). The molecular formula is C16H21N5OS2. The van der Waals surface area contributed by atoms with Gasteiger partial charge in [-0.15, -0.1) is 16.9 Å². The van der Waals surface area contributed by atoms with Crippen LogP contribution in [0, 0.1) is 0 Å². The van der Waals surface area contributed by atoms with Crippen LogP contribution < -0.4 is 5.32 Å². The van der Waals surface area contributed by atoms with Crippen molar-refractivity contribution < 1.29 is 4.79 Å². The van der Waals surface area contributed by atoms with Crippen LogP contribution in [0.3, 0.4) is 0 Å². The van der Waals surface area contributed by atoms with E-state index in [1.54, 1.807) is 11.8 Å². The third kappa shape index (κ3) is 4.51. The molecular weight excluding hydrogens is 342 g/mol. The Kier molecular flexibility index (Phi) is 6.14. The molecule has 1 saturated carbocycles. The Hall–Kier alpha value is -1.54. The Labute approximate surface area is 150 Å². The van der Waals surface area contributed by atoms with E-state index in [9.17, 15) is 4.79 Å². The van der Waals surface area contributed by atoms with Crippen molar-refractivity contribution in [1.29, 1.82) is 0 Å². The SMILES string of the molecule is CSc1cccc(NC(=O)CSc2nnnn2C2CCCCC2)c1. The van der Waals surface area contributed by atoms with Gasteiger partial charge in [-0.3, -0.25) is 4.79 Å². The van der Waals surface area contributed by atoms with Crippen LogP contribution in [-0.4, -0.2) is 38.1 Å². The zero-order chi connectivity index (χ0) is 16.8. The van der Waals surface area contributed by atoms with Crippen LogP contribution in [-0.2, 0) is 4.79 Å². The maximum atomic E-state index is 12.2. The van der Waals surface area contributed by atoms with E-state index < -0.39 is 0 Å². The van der Waals surface area contributed by atoms with Gasteiger partial charge in [-0.25, -0.2) is 4.68 Å². The number of nitrogens with one attached hydrogen (secondary N) is 1. The number of rotatable bonds is 6. The predicted molar refractivity (Wildman–Crippen MR) is 97.5 cm³/mol. The summed E-state index contributed by atoms with van der Waals surface area (Å²) >= 11 is 3.05. The van der Waals surface area contributed by atoms with Crippen LogP contribution in [0.25, 0.3) is 0 Å². The second-order valence-electron chi connectivity index (χ2n) is 5.77. The first-order chi connectivity index (χ1) is 11.8. The molecule has 0 spiro atoms. The molecule has 2 aromatic rings. The lowest BCUT2D eigenvalue weighted by Crippen LogP contribution is -2.17. The van der Waals surface area contributed by atoms with Gasteiger partial charge in [-0.05, 0) is 47.7 Å². The second kappa shape index (κ2) is 8.53. The van der Waals surface area contributed by atoms with Crippen molar-refractivity contribution in [3.8, 4) is 0 Å². The monoisotopic (exact) mass is 363 g/mol. The number of benzene rings is 1. The number of thioether (sulfide) groups is 2. The van der Waals surface area contributed by atoms with Gasteiger partial charge in [0.25, 0.3) is 0 Å². The summed E-state index contributed by atoms with van der Waals surface area (Å²) in [5.41, 5.74) is 0.819. The van der Waals surface area contributed by atoms with Gasteiger partial charge in [0.1, 0.15) is 0 Å². The van der Waals surface area contributed by atoms with E-state index in [0.717, 1.165) is 28.6 Å². The normalized spacial score (nSPS) is 15.4. The van der Waals surface area contributed by atoms with E-state index in [0.29, 0.717) is 11.8 Å². The molecule has 128 valence electrons. The molecule has 3 rings (SSSR count). The van der Waals surface area contributed by atoms with Crippen molar-refractivity contribution in [1.82, 2.24) is 20.2 Å². The van der Waals surface area contributed by atoms with E-state index in [-0.39, 0.29) is 5.91 Å². The van der Waals surface area contributed by atoms with E-state index in [1.165, 1.54) is 31.0 Å². The zero-order valence-corrected chi connectivity index (χ0v) is 15.3. The van der Waals surface area contributed by atoms with Crippen molar-refractivity contribution in [2.45, 2.75) is 48.2 Å². The highest BCUT2D eigenvalue weighted by Crippen LogP contribution is 2.30. The molecule has 1 aliphatic carbocycles. The Bertz CT molecular complexity index is 685. The molecule has 8 heteroatoms. The molecule has 0 unspecified atom stereocenters. The van der Waals surface area contributed by atoms with Gasteiger partial charge >= 0.3 is 0 Å². The highest BCUT2D eigenvalue weighted by Gasteiger charge is 2.20. The number of hydrogen-bond acceptors (Lipinski definition) is 6. The molecule has 1 aromatic heterocycles. The fourth-order valence-electron chi connectivity index (χ4n) is 2.86. The molecule has 0 bridgehead atoms. The topological polar surface area (TPSA) is 72.7 Å². The fraction of sp³-hybridized carbons (Fsp3) is 0.500. The van der Waals surface area contributed by atoms with E-state index >= 15 is 0 Å². The van der Waals surface area contributed by atoms with Crippen molar-refractivity contribution >= 4 is 35.1 Å². The molecule has 6 nitrogen and oxygen atoms in total. The number of carbonyl (C=O) groups is 1. The molecule has 1 heterocycles. The maximum Gasteiger partial charge on any atom is 0.234 e. The summed E-state index contributed by atoms with van der Waals surface area (Å²) in [5.74, 6) is 0.257. The lowest BCUT2D eigenvalue weighted by molar-refractivity contribution is -0.113. The Morgan fingerprint density at radius 1 is 1.33 bits per heavy atom. The number of amides is 1. The van der Waals surface area contributed by atoms with Gasteiger partial charge in [0.2, 0.25) is 11.1 Å². The van der Waals surface area contributed by atoms with E-state index in [2.05, 4.69) is 20.8 Å². The summed E-state index contributed by atoms with van der Waals surface area (Å²) in [7, 11) is 0. The molecule has 1 amide bonds. The summed E-state index contributed by atoms with van der Waals surface area (Å²) in [6.45, 7) is 0. The number of carbonyl (C=O) groups excluding carboxylic acids is 1. The van der Waals surface area contributed by atoms with Crippen LogP contribution in [0.2, 0.25) is 0 Å². The maximum absolute atomic E-state index is 12.2. The molecule has 1 fully saturated rings. The van der Waals surface area contributed by atoms with Crippen LogP contribution >= 0.6 is 23.5 Å².